The second kappa shape index (κ2) is 5.57. The SMILES string of the molecule is CNC(=O)CNS(=O)(=O)c1cnccc1NN. The maximum atomic E-state index is 11.8. The first kappa shape index (κ1) is 13.4. The van der Waals surface area contributed by atoms with Crippen molar-refractivity contribution in [3.05, 3.63) is 18.5 Å². The zero-order chi connectivity index (χ0) is 12.9. The molecule has 5 N–H and O–H groups in total. The number of carbonyl (C=O) groups excluding carboxylic acids is 1. The fraction of sp³-hybridized carbons (Fsp3) is 0.250. The molecule has 17 heavy (non-hydrogen) atoms. The summed E-state index contributed by atoms with van der Waals surface area (Å²) in [7, 11) is -2.41. The molecule has 0 aromatic carbocycles. The zero-order valence-electron chi connectivity index (χ0n) is 9.10. The van der Waals surface area contributed by atoms with E-state index in [0.717, 1.165) is 6.20 Å². The van der Waals surface area contributed by atoms with Gasteiger partial charge in [0, 0.05) is 19.4 Å². The minimum Gasteiger partial charge on any atom is -0.358 e. The van der Waals surface area contributed by atoms with Crippen molar-refractivity contribution in [2.45, 2.75) is 4.90 Å². The molecule has 0 fully saturated rings. The van der Waals surface area contributed by atoms with Crippen LogP contribution in [0.4, 0.5) is 5.69 Å². The molecule has 1 amide bonds. The Labute approximate surface area is 98.6 Å². The molecule has 0 aliphatic carbocycles. The van der Waals surface area contributed by atoms with Gasteiger partial charge in [0.15, 0.2) is 0 Å². The van der Waals surface area contributed by atoms with E-state index in [0.29, 0.717) is 0 Å². The standard InChI is InChI=1S/C8H13N5O3S/c1-10-8(14)5-12-17(15,16)7-4-11-3-2-6(7)13-9/h2-4,12H,5,9H2,1H3,(H,10,14)(H,11,13). The first-order chi connectivity index (χ1) is 8.01. The van der Waals surface area contributed by atoms with Crippen molar-refractivity contribution in [1.82, 2.24) is 15.0 Å². The number of nitrogens with one attached hydrogen (secondary N) is 3. The van der Waals surface area contributed by atoms with Gasteiger partial charge in [-0.05, 0) is 6.07 Å². The average molecular weight is 259 g/mol. The number of sulfonamides is 1. The van der Waals surface area contributed by atoms with E-state index in [1.54, 1.807) is 0 Å². The average Bonchev–Trinajstić information content (AvgIpc) is 2.35. The lowest BCUT2D eigenvalue weighted by molar-refractivity contribution is -0.119. The number of hydrazine groups is 1. The quantitative estimate of drug-likeness (QED) is 0.372. The molecule has 0 atom stereocenters. The molecule has 0 bridgehead atoms. The van der Waals surface area contributed by atoms with E-state index < -0.39 is 15.9 Å². The molecule has 1 aromatic rings. The number of aromatic nitrogens is 1. The summed E-state index contributed by atoms with van der Waals surface area (Å²) in [5.41, 5.74) is 2.44. The molecule has 1 aromatic heterocycles. The van der Waals surface area contributed by atoms with Crippen molar-refractivity contribution < 1.29 is 13.2 Å². The number of carbonyl (C=O) groups is 1. The van der Waals surface area contributed by atoms with Gasteiger partial charge < -0.3 is 10.7 Å². The molecular weight excluding hydrogens is 246 g/mol. The summed E-state index contributed by atoms with van der Waals surface area (Å²) in [5, 5.41) is 2.30. The van der Waals surface area contributed by atoms with Crippen LogP contribution in [-0.2, 0) is 14.8 Å². The number of nitrogen functional groups attached to an aromatic ring is 1. The molecule has 94 valence electrons. The van der Waals surface area contributed by atoms with Gasteiger partial charge in [-0.3, -0.25) is 15.6 Å². The predicted molar refractivity (Wildman–Crippen MR) is 61.3 cm³/mol. The highest BCUT2D eigenvalue weighted by atomic mass is 32.2. The van der Waals surface area contributed by atoms with Crippen LogP contribution in [0.1, 0.15) is 0 Å². The van der Waals surface area contributed by atoms with Gasteiger partial charge >= 0.3 is 0 Å². The van der Waals surface area contributed by atoms with E-state index in [2.05, 4.69) is 20.4 Å². The predicted octanol–water partition coefficient (Wildman–Crippen LogP) is -1.61. The Hall–Kier alpha value is -1.71. The monoisotopic (exact) mass is 259 g/mol. The topological polar surface area (TPSA) is 126 Å². The largest absolute Gasteiger partial charge is 0.358 e. The van der Waals surface area contributed by atoms with Crippen molar-refractivity contribution >= 4 is 21.6 Å². The highest BCUT2D eigenvalue weighted by Crippen LogP contribution is 2.17. The third-order valence-corrected chi connectivity index (χ3v) is 3.36. The number of nitrogens with two attached hydrogens (primary N) is 1. The molecule has 0 aliphatic heterocycles. The van der Waals surface area contributed by atoms with Gasteiger partial charge in [-0.15, -0.1) is 0 Å². The number of anilines is 1. The summed E-state index contributed by atoms with van der Waals surface area (Å²) in [5.74, 6) is 4.74. The van der Waals surface area contributed by atoms with Crippen LogP contribution >= 0.6 is 0 Å². The first-order valence-electron chi connectivity index (χ1n) is 4.62. The third-order valence-electron chi connectivity index (χ3n) is 1.93. The molecule has 0 spiro atoms. The molecule has 0 radical (unpaired) electrons. The van der Waals surface area contributed by atoms with Crippen LogP contribution in [0.15, 0.2) is 23.4 Å². The van der Waals surface area contributed by atoms with Crippen LogP contribution in [0.2, 0.25) is 0 Å². The number of rotatable bonds is 5. The van der Waals surface area contributed by atoms with Gasteiger partial charge in [0.1, 0.15) is 4.90 Å². The van der Waals surface area contributed by atoms with Crippen molar-refractivity contribution in [2.24, 2.45) is 5.84 Å². The van der Waals surface area contributed by atoms with Gasteiger partial charge in [0.2, 0.25) is 15.9 Å². The maximum Gasteiger partial charge on any atom is 0.244 e. The Bertz CT molecular complexity index is 502. The molecule has 0 unspecified atom stereocenters. The van der Waals surface area contributed by atoms with Crippen molar-refractivity contribution in [3.63, 3.8) is 0 Å². The smallest absolute Gasteiger partial charge is 0.244 e. The van der Waals surface area contributed by atoms with Gasteiger partial charge in [-0.25, -0.2) is 13.1 Å². The summed E-state index contributed by atoms with van der Waals surface area (Å²) in [6, 6.07) is 1.41. The summed E-state index contributed by atoms with van der Waals surface area (Å²) >= 11 is 0. The summed E-state index contributed by atoms with van der Waals surface area (Å²) in [4.78, 5) is 14.5. The first-order valence-corrected chi connectivity index (χ1v) is 6.10. The maximum absolute atomic E-state index is 11.8. The lowest BCUT2D eigenvalue weighted by atomic mass is 10.4. The Morgan fingerprint density at radius 3 is 2.82 bits per heavy atom. The van der Waals surface area contributed by atoms with E-state index in [4.69, 9.17) is 5.84 Å². The third kappa shape index (κ3) is 3.37. The van der Waals surface area contributed by atoms with Crippen LogP contribution in [0.3, 0.4) is 0 Å². The molecule has 9 heteroatoms. The fourth-order valence-corrected chi connectivity index (χ4v) is 2.13. The molecule has 0 saturated carbocycles. The molecule has 0 aliphatic rings. The highest BCUT2D eigenvalue weighted by molar-refractivity contribution is 7.89. The Morgan fingerprint density at radius 2 is 2.24 bits per heavy atom. The highest BCUT2D eigenvalue weighted by Gasteiger charge is 2.19. The van der Waals surface area contributed by atoms with E-state index in [9.17, 15) is 13.2 Å². The van der Waals surface area contributed by atoms with Gasteiger partial charge in [0.25, 0.3) is 0 Å². The molecule has 0 saturated heterocycles. The number of likely N-dealkylation sites (N-methyl/N-ethyl adjacent to an activating group) is 1. The minimum absolute atomic E-state index is 0.119. The summed E-state index contributed by atoms with van der Waals surface area (Å²) in [6.07, 6.45) is 2.54. The van der Waals surface area contributed by atoms with Crippen LogP contribution < -0.4 is 21.3 Å². The minimum atomic E-state index is -3.82. The van der Waals surface area contributed by atoms with Crippen LogP contribution in [0, 0.1) is 0 Å². The second-order valence-corrected chi connectivity index (χ2v) is 4.75. The van der Waals surface area contributed by atoms with Gasteiger partial charge in [-0.1, -0.05) is 0 Å². The zero-order valence-corrected chi connectivity index (χ0v) is 9.91. The Kier molecular flexibility index (Phi) is 4.37. The lowest BCUT2D eigenvalue weighted by Gasteiger charge is -2.09. The van der Waals surface area contributed by atoms with Crippen LogP contribution in [0.25, 0.3) is 0 Å². The Balaban J connectivity index is 2.93. The molecule has 8 nitrogen and oxygen atoms in total. The molecule has 1 rings (SSSR count). The second-order valence-electron chi connectivity index (χ2n) is 3.01. The van der Waals surface area contributed by atoms with E-state index in [1.807, 2.05) is 0 Å². The number of amides is 1. The molecular formula is C8H13N5O3S. The lowest BCUT2D eigenvalue weighted by Crippen LogP contribution is -2.35. The van der Waals surface area contributed by atoms with Crippen molar-refractivity contribution in [2.75, 3.05) is 19.0 Å². The number of hydrogen-bond acceptors (Lipinski definition) is 6. The summed E-state index contributed by atoms with van der Waals surface area (Å²) < 4.78 is 25.7. The summed E-state index contributed by atoms with van der Waals surface area (Å²) in [6.45, 7) is -0.349. The van der Waals surface area contributed by atoms with E-state index >= 15 is 0 Å². The van der Waals surface area contributed by atoms with Crippen molar-refractivity contribution in [1.29, 1.82) is 0 Å². The van der Waals surface area contributed by atoms with E-state index in [1.165, 1.54) is 19.3 Å². The van der Waals surface area contributed by atoms with Crippen LogP contribution in [0.5, 0.6) is 0 Å². The fourth-order valence-electron chi connectivity index (χ4n) is 1.04. The normalized spacial score (nSPS) is 10.9. The number of nitrogens with zero attached hydrogens (tertiary/aromatic N) is 1. The van der Waals surface area contributed by atoms with Crippen LogP contribution in [-0.4, -0.2) is 32.9 Å². The van der Waals surface area contributed by atoms with E-state index in [-0.39, 0.29) is 17.1 Å². The van der Waals surface area contributed by atoms with Gasteiger partial charge in [-0.2, -0.15) is 0 Å². The number of pyridine rings is 1. The molecule has 1 heterocycles. The van der Waals surface area contributed by atoms with Gasteiger partial charge in [0.05, 0.1) is 12.2 Å². The number of hydrogen-bond donors (Lipinski definition) is 4. The van der Waals surface area contributed by atoms with Crippen molar-refractivity contribution in [3.8, 4) is 0 Å². The Morgan fingerprint density at radius 1 is 1.53 bits per heavy atom.